The molecule has 1 amide bonds. The van der Waals surface area contributed by atoms with Crippen molar-refractivity contribution >= 4 is 5.91 Å². The maximum Gasteiger partial charge on any atom is 0.260 e. The van der Waals surface area contributed by atoms with Gasteiger partial charge in [0.1, 0.15) is 17.2 Å². The van der Waals surface area contributed by atoms with Crippen LogP contribution >= 0.6 is 0 Å². The number of benzene rings is 2. The summed E-state index contributed by atoms with van der Waals surface area (Å²) in [4.78, 5) is 12.2. The van der Waals surface area contributed by atoms with Gasteiger partial charge in [-0.25, -0.2) is 0 Å². The van der Waals surface area contributed by atoms with Crippen LogP contribution in [0.4, 0.5) is 0 Å². The van der Waals surface area contributed by atoms with Crippen LogP contribution in [0.25, 0.3) is 0 Å². The summed E-state index contributed by atoms with van der Waals surface area (Å²) in [6, 6.07) is 12.6. The number of hydrogen-bond donors (Lipinski definition) is 2. The van der Waals surface area contributed by atoms with Crippen molar-refractivity contribution in [2.24, 2.45) is 0 Å². The standard InChI is InChI=1S/C20H25NO5/c1-13-5-7-15(8-6-13)26-14(2)20(23)21-12-18(22)17-11-16(24-3)9-10-19(17)25-4/h5-11,14,18,22H,12H2,1-4H3,(H,21,23). The lowest BCUT2D eigenvalue weighted by Gasteiger charge is -2.19. The van der Waals surface area contributed by atoms with Crippen molar-refractivity contribution < 1.29 is 24.1 Å². The lowest BCUT2D eigenvalue weighted by molar-refractivity contribution is -0.127. The van der Waals surface area contributed by atoms with Crippen LogP contribution < -0.4 is 19.5 Å². The lowest BCUT2D eigenvalue weighted by Crippen LogP contribution is -2.38. The molecule has 2 atom stereocenters. The minimum absolute atomic E-state index is 0.0317. The predicted octanol–water partition coefficient (Wildman–Crippen LogP) is 2.63. The van der Waals surface area contributed by atoms with E-state index in [9.17, 15) is 9.90 Å². The Morgan fingerprint density at radius 3 is 2.35 bits per heavy atom. The molecule has 2 N–H and O–H groups in total. The van der Waals surface area contributed by atoms with Gasteiger partial charge in [-0.05, 0) is 44.2 Å². The van der Waals surface area contributed by atoms with Gasteiger partial charge in [0.25, 0.3) is 5.91 Å². The van der Waals surface area contributed by atoms with Crippen molar-refractivity contribution in [3.8, 4) is 17.2 Å². The number of aliphatic hydroxyl groups is 1. The summed E-state index contributed by atoms with van der Waals surface area (Å²) in [5, 5.41) is 13.1. The Morgan fingerprint density at radius 1 is 1.08 bits per heavy atom. The third-order valence-corrected chi connectivity index (χ3v) is 3.97. The van der Waals surface area contributed by atoms with Crippen LogP contribution in [0.1, 0.15) is 24.2 Å². The highest BCUT2D eigenvalue weighted by molar-refractivity contribution is 5.80. The Hall–Kier alpha value is -2.73. The normalized spacial score (nSPS) is 12.8. The Balaban J connectivity index is 1.94. The van der Waals surface area contributed by atoms with Gasteiger partial charge in [0, 0.05) is 12.1 Å². The van der Waals surface area contributed by atoms with Gasteiger partial charge in [-0.15, -0.1) is 0 Å². The van der Waals surface area contributed by atoms with Crippen molar-refractivity contribution in [1.29, 1.82) is 0 Å². The Bertz CT molecular complexity index is 729. The smallest absolute Gasteiger partial charge is 0.260 e. The number of amides is 1. The summed E-state index contributed by atoms with van der Waals surface area (Å²) in [5.41, 5.74) is 1.66. The van der Waals surface area contributed by atoms with Gasteiger partial charge in [0.05, 0.1) is 20.3 Å². The molecule has 6 nitrogen and oxygen atoms in total. The van der Waals surface area contributed by atoms with Gasteiger partial charge < -0.3 is 24.6 Å². The Morgan fingerprint density at radius 2 is 1.73 bits per heavy atom. The second-order valence-electron chi connectivity index (χ2n) is 5.94. The van der Waals surface area contributed by atoms with E-state index in [0.717, 1.165) is 5.56 Å². The molecule has 2 aromatic rings. The van der Waals surface area contributed by atoms with Crippen LogP contribution in [-0.4, -0.2) is 37.9 Å². The van der Waals surface area contributed by atoms with Crippen molar-refractivity contribution in [2.75, 3.05) is 20.8 Å². The van der Waals surface area contributed by atoms with E-state index >= 15 is 0 Å². The second-order valence-corrected chi connectivity index (χ2v) is 5.94. The summed E-state index contributed by atoms with van der Waals surface area (Å²) in [6.45, 7) is 3.67. The molecule has 6 heteroatoms. The van der Waals surface area contributed by atoms with Crippen LogP contribution in [0.2, 0.25) is 0 Å². The van der Waals surface area contributed by atoms with Crippen molar-refractivity contribution in [1.82, 2.24) is 5.32 Å². The summed E-state index contributed by atoms with van der Waals surface area (Å²) >= 11 is 0. The van der Waals surface area contributed by atoms with Crippen molar-refractivity contribution in [3.05, 3.63) is 53.6 Å². The van der Waals surface area contributed by atoms with Crippen LogP contribution in [0.15, 0.2) is 42.5 Å². The van der Waals surface area contributed by atoms with Crippen LogP contribution in [-0.2, 0) is 4.79 Å². The summed E-state index contributed by atoms with van der Waals surface area (Å²) in [5.74, 6) is 1.43. The van der Waals surface area contributed by atoms with E-state index in [1.807, 2.05) is 31.2 Å². The lowest BCUT2D eigenvalue weighted by atomic mass is 10.1. The molecule has 0 heterocycles. The van der Waals surface area contributed by atoms with E-state index in [1.165, 1.54) is 7.11 Å². The van der Waals surface area contributed by atoms with Gasteiger partial charge in [-0.3, -0.25) is 4.79 Å². The molecular formula is C20H25NO5. The molecule has 2 unspecified atom stereocenters. The van der Waals surface area contributed by atoms with Gasteiger partial charge in [-0.1, -0.05) is 17.7 Å². The fraction of sp³-hybridized carbons (Fsp3) is 0.350. The molecule has 0 saturated heterocycles. The number of carbonyl (C=O) groups excluding carboxylic acids is 1. The zero-order chi connectivity index (χ0) is 19.1. The molecule has 26 heavy (non-hydrogen) atoms. The molecular weight excluding hydrogens is 334 g/mol. The number of methoxy groups -OCH3 is 2. The maximum atomic E-state index is 12.2. The number of nitrogens with one attached hydrogen (secondary N) is 1. The molecule has 0 aliphatic carbocycles. The van der Waals surface area contributed by atoms with Crippen molar-refractivity contribution in [2.45, 2.75) is 26.1 Å². The van der Waals surface area contributed by atoms with Gasteiger partial charge in [-0.2, -0.15) is 0 Å². The average molecular weight is 359 g/mol. The number of rotatable bonds is 8. The zero-order valence-electron chi connectivity index (χ0n) is 15.5. The third-order valence-electron chi connectivity index (χ3n) is 3.97. The molecule has 0 aliphatic rings. The highest BCUT2D eigenvalue weighted by Gasteiger charge is 2.19. The van der Waals surface area contributed by atoms with Crippen LogP contribution in [0.3, 0.4) is 0 Å². The topological polar surface area (TPSA) is 77.0 Å². The molecule has 0 radical (unpaired) electrons. The summed E-state index contributed by atoms with van der Waals surface area (Å²) in [6.07, 6.45) is -1.62. The first-order valence-corrected chi connectivity index (χ1v) is 8.35. The molecule has 140 valence electrons. The first-order valence-electron chi connectivity index (χ1n) is 8.35. The van der Waals surface area contributed by atoms with E-state index in [4.69, 9.17) is 14.2 Å². The fourth-order valence-electron chi connectivity index (χ4n) is 2.43. The van der Waals surface area contributed by atoms with E-state index in [2.05, 4.69) is 5.32 Å². The molecule has 2 rings (SSSR count). The fourth-order valence-corrected chi connectivity index (χ4v) is 2.43. The average Bonchev–Trinajstić information content (AvgIpc) is 2.66. The van der Waals surface area contributed by atoms with Crippen LogP contribution in [0, 0.1) is 6.92 Å². The molecule has 2 aromatic carbocycles. The Kier molecular flexibility index (Phi) is 6.86. The number of aliphatic hydroxyl groups excluding tert-OH is 1. The number of ether oxygens (including phenoxy) is 3. The van der Waals surface area contributed by atoms with Crippen molar-refractivity contribution in [3.63, 3.8) is 0 Å². The quantitative estimate of drug-likeness (QED) is 0.758. The predicted molar refractivity (Wildman–Crippen MR) is 98.8 cm³/mol. The minimum atomic E-state index is -0.935. The number of aryl methyl sites for hydroxylation is 1. The SMILES string of the molecule is COc1ccc(OC)c(C(O)CNC(=O)C(C)Oc2ccc(C)cc2)c1. The zero-order valence-corrected chi connectivity index (χ0v) is 15.5. The summed E-state index contributed by atoms with van der Waals surface area (Å²) < 4.78 is 16.0. The van der Waals surface area contributed by atoms with E-state index < -0.39 is 12.2 Å². The van der Waals surface area contributed by atoms with E-state index in [1.54, 1.807) is 32.2 Å². The summed E-state index contributed by atoms with van der Waals surface area (Å²) in [7, 11) is 3.07. The molecule has 0 aliphatic heterocycles. The first-order chi connectivity index (χ1) is 12.4. The monoisotopic (exact) mass is 359 g/mol. The molecule has 0 spiro atoms. The first kappa shape index (κ1) is 19.6. The minimum Gasteiger partial charge on any atom is -0.497 e. The third kappa shape index (κ3) is 5.13. The molecule has 0 aromatic heterocycles. The second kappa shape index (κ2) is 9.10. The highest BCUT2D eigenvalue weighted by Crippen LogP contribution is 2.29. The molecule has 0 bridgehead atoms. The highest BCUT2D eigenvalue weighted by atomic mass is 16.5. The number of hydrogen-bond acceptors (Lipinski definition) is 5. The van der Waals surface area contributed by atoms with E-state index in [0.29, 0.717) is 22.8 Å². The van der Waals surface area contributed by atoms with Gasteiger partial charge >= 0.3 is 0 Å². The number of carbonyl (C=O) groups is 1. The molecule has 0 saturated carbocycles. The van der Waals surface area contributed by atoms with Crippen LogP contribution in [0.5, 0.6) is 17.2 Å². The van der Waals surface area contributed by atoms with Gasteiger partial charge in [0.2, 0.25) is 0 Å². The molecule has 0 fully saturated rings. The largest absolute Gasteiger partial charge is 0.497 e. The van der Waals surface area contributed by atoms with E-state index in [-0.39, 0.29) is 12.5 Å². The van der Waals surface area contributed by atoms with Gasteiger partial charge in [0.15, 0.2) is 6.10 Å². The Labute approximate surface area is 153 Å². The maximum absolute atomic E-state index is 12.2.